The van der Waals surface area contributed by atoms with Crippen LogP contribution in [0.4, 0.5) is 0 Å². The van der Waals surface area contributed by atoms with Crippen LogP contribution in [0.15, 0.2) is 30.3 Å². The lowest BCUT2D eigenvalue weighted by Crippen LogP contribution is -2.46. The van der Waals surface area contributed by atoms with E-state index in [-0.39, 0.29) is 18.0 Å². The molecule has 1 aliphatic rings. The lowest BCUT2D eigenvalue weighted by Gasteiger charge is -2.39. The second-order valence-electron chi connectivity index (χ2n) is 7.66. The first-order valence-corrected chi connectivity index (χ1v) is 12.8. The standard InChI is InChI=1S/C21H34O3Si/c1-5-25(4,6-2)24-20(18-13-9-7-10-14-18)17(3)21(22)23-19-15-11-8-12-16-19/h8,11-12,15-18,20H,5-7,9-10,13-14H2,1-4H3/t17-,20-/m1/s1. The van der Waals surface area contributed by atoms with Gasteiger partial charge in [0.2, 0.25) is 0 Å². The Balaban J connectivity index is 2.13. The molecule has 3 nitrogen and oxygen atoms in total. The average molecular weight is 363 g/mol. The zero-order chi connectivity index (χ0) is 18.3. The molecule has 1 aromatic carbocycles. The number of carbonyl (C=O) groups excluding carboxylic acids is 1. The number of para-hydroxylation sites is 1. The minimum atomic E-state index is -1.75. The highest BCUT2D eigenvalue weighted by atomic mass is 28.4. The predicted molar refractivity (Wildman–Crippen MR) is 105 cm³/mol. The Morgan fingerprint density at radius 3 is 2.28 bits per heavy atom. The molecule has 4 heteroatoms. The van der Waals surface area contributed by atoms with Gasteiger partial charge in [0.1, 0.15) is 5.75 Å². The van der Waals surface area contributed by atoms with Crippen molar-refractivity contribution < 1.29 is 14.0 Å². The fourth-order valence-corrected chi connectivity index (χ4v) is 5.53. The van der Waals surface area contributed by atoms with E-state index in [1.54, 1.807) is 0 Å². The summed E-state index contributed by atoms with van der Waals surface area (Å²) in [5.74, 6) is 0.711. The molecule has 2 rings (SSSR count). The van der Waals surface area contributed by atoms with Gasteiger partial charge in [-0.05, 0) is 56.5 Å². The Morgan fingerprint density at radius 1 is 1.12 bits per heavy atom. The van der Waals surface area contributed by atoms with E-state index in [4.69, 9.17) is 9.16 Å². The zero-order valence-corrected chi connectivity index (χ0v) is 17.3. The largest absolute Gasteiger partial charge is 0.426 e. The molecule has 1 fully saturated rings. The molecular formula is C21H34O3Si. The Bertz CT molecular complexity index is 521. The number of hydrogen-bond acceptors (Lipinski definition) is 3. The Hall–Kier alpha value is -1.13. The minimum Gasteiger partial charge on any atom is -0.426 e. The molecule has 140 valence electrons. The van der Waals surface area contributed by atoms with Gasteiger partial charge in [-0.25, -0.2) is 0 Å². The van der Waals surface area contributed by atoms with Gasteiger partial charge in [-0.2, -0.15) is 0 Å². The molecule has 0 aliphatic heterocycles. The first-order valence-electron chi connectivity index (χ1n) is 9.93. The number of rotatable bonds is 8. The van der Waals surface area contributed by atoms with E-state index in [0.717, 1.165) is 12.1 Å². The number of ether oxygens (including phenoxy) is 1. The van der Waals surface area contributed by atoms with Gasteiger partial charge in [0, 0.05) is 0 Å². The van der Waals surface area contributed by atoms with Crippen LogP contribution in [0.3, 0.4) is 0 Å². The van der Waals surface area contributed by atoms with E-state index in [0.29, 0.717) is 11.7 Å². The first-order chi connectivity index (χ1) is 12.0. The van der Waals surface area contributed by atoms with Crippen LogP contribution in [0.5, 0.6) is 5.75 Å². The fourth-order valence-electron chi connectivity index (χ4n) is 3.65. The second-order valence-corrected chi connectivity index (χ2v) is 12.2. The van der Waals surface area contributed by atoms with Crippen molar-refractivity contribution in [2.45, 2.75) is 77.6 Å². The van der Waals surface area contributed by atoms with Crippen LogP contribution in [0.2, 0.25) is 18.6 Å². The number of hydrogen-bond donors (Lipinski definition) is 0. The number of benzene rings is 1. The fraction of sp³-hybridized carbons (Fsp3) is 0.667. The molecule has 0 radical (unpaired) electrons. The van der Waals surface area contributed by atoms with Crippen LogP contribution >= 0.6 is 0 Å². The predicted octanol–water partition coefficient (Wildman–Crippen LogP) is 5.81. The van der Waals surface area contributed by atoms with Crippen molar-refractivity contribution >= 4 is 14.3 Å². The van der Waals surface area contributed by atoms with Gasteiger partial charge in [0.05, 0.1) is 12.0 Å². The molecule has 0 amide bonds. The van der Waals surface area contributed by atoms with Gasteiger partial charge in [0.15, 0.2) is 8.32 Å². The van der Waals surface area contributed by atoms with Crippen molar-refractivity contribution in [2.24, 2.45) is 11.8 Å². The van der Waals surface area contributed by atoms with Crippen LogP contribution in [0, 0.1) is 11.8 Å². The maximum absolute atomic E-state index is 12.8. The van der Waals surface area contributed by atoms with Crippen LogP contribution in [0.25, 0.3) is 0 Å². The summed E-state index contributed by atoms with van der Waals surface area (Å²) in [4.78, 5) is 12.8. The van der Waals surface area contributed by atoms with Gasteiger partial charge in [0.25, 0.3) is 0 Å². The maximum atomic E-state index is 12.8. The summed E-state index contributed by atoms with van der Waals surface area (Å²) in [6.07, 6.45) is 6.15. The quantitative estimate of drug-likeness (QED) is 0.332. The van der Waals surface area contributed by atoms with Crippen molar-refractivity contribution in [3.8, 4) is 5.75 Å². The zero-order valence-electron chi connectivity index (χ0n) is 16.3. The molecule has 1 aliphatic carbocycles. The van der Waals surface area contributed by atoms with Gasteiger partial charge >= 0.3 is 5.97 Å². The van der Waals surface area contributed by atoms with Crippen LogP contribution in [-0.4, -0.2) is 20.4 Å². The van der Waals surface area contributed by atoms with E-state index < -0.39 is 8.32 Å². The summed E-state index contributed by atoms with van der Waals surface area (Å²) in [5, 5.41) is 0. The van der Waals surface area contributed by atoms with Gasteiger partial charge in [-0.3, -0.25) is 4.79 Å². The molecule has 1 aromatic rings. The summed E-state index contributed by atoms with van der Waals surface area (Å²) >= 11 is 0. The normalized spacial score (nSPS) is 18.6. The lowest BCUT2D eigenvalue weighted by molar-refractivity contribution is -0.143. The molecule has 0 N–H and O–H groups in total. The lowest BCUT2D eigenvalue weighted by atomic mass is 9.81. The van der Waals surface area contributed by atoms with Crippen LogP contribution in [0.1, 0.15) is 52.9 Å². The molecule has 0 saturated heterocycles. The van der Waals surface area contributed by atoms with Gasteiger partial charge in [-0.15, -0.1) is 0 Å². The van der Waals surface area contributed by atoms with E-state index in [2.05, 4.69) is 20.4 Å². The minimum absolute atomic E-state index is 0.00641. The highest BCUT2D eigenvalue weighted by Gasteiger charge is 2.39. The van der Waals surface area contributed by atoms with Crippen LogP contribution < -0.4 is 4.74 Å². The molecule has 0 bridgehead atoms. The van der Waals surface area contributed by atoms with Crippen molar-refractivity contribution in [1.82, 2.24) is 0 Å². The summed E-state index contributed by atoms with van der Waals surface area (Å²) in [7, 11) is -1.75. The second kappa shape index (κ2) is 9.53. The van der Waals surface area contributed by atoms with Gasteiger partial charge < -0.3 is 9.16 Å². The molecule has 0 aromatic heterocycles. The molecule has 0 unspecified atom stereocenters. The number of esters is 1. The molecule has 1 saturated carbocycles. The summed E-state index contributed by atoms with van der Waals surface area (Å²) in [5.41, 5.74) is 0. The Labute approximate surface area is 154 Å². The highest BCUT2D eigenvalue weighted by molar-refractivity contribution is 6.72. The molecule has 0 heterocycles. The molecular weight excluding hydrogens is 328 g/mol. The van der Waals surface area contributed by atoms with Crippen molar-refractivity contribution in [2.75, 3.05) is 0 Å². The van der Waals surface area contributed by atoms with Crippen molar-refractivity contribution in [3.63, 3.8) is 0 Å². The highest BCUT2D eigenvalue weighted by Crippen LogP contribution is 2.35. The third kappa shape index (κ3) is 5.68. The van der Waals surface area contributed by atoms with Gasteiger partial charge in [-0.1, -0.05) is 51.3 Å². The van der Waals surface area contributed by atoms with Crippen molar-refractivity contribution in [1.29, 1.82) is 0 Å². The Kier molecular flexibility index (Phi) is 7.70. The Morgan fingerprint density at radius 2 is 1.72 bits per heavy atom. The third-order valence-corrected chi connectivity index (χ3v) is 9.69. The monoisotopic (exact) mass is 362 g/mol. The summed E-state index contributed by atoms with van der Waals surface area (Å²) < 4.78 is 12.4. The number of carbonyl (C=O) groups is 1. The van der Waals surface area contributed by atoms with E-state index >= 15 is 0 Å². The molecule has 2 atom stereocenters. The van der Waals surface area contributed by atoms with E-state index in [1.807, 2.05) is 37.3 Å². The topological polar surface area (TPSA) is 35.5 Å². The maximum Gasteiger partial charge on any atom is 0.316 e. The van der Waals surface area contributed by atoms with E-state index in [1.165, 1.54) is 32.1 Å². The molecule has 25 heavy (non-hydrogen) atoms. The van der Waals surface area contributed by atoms with E-state index in [9.17, 15) is 4.79 Å². The average Bonchev–Trinajstić information content (AvgIpc) is 2.67. The third-order valence-electron chi connectivity index (χ3n) is 5.86. The summed E-state index contributed by atoms with van der Waals surface area (Å²) in [6.45, 7) is 8.74. The summed E-state index contributed by atoms with van der Waals surface area (Å²) in [6, 6.07) is 11.5. The smallest absolute Gasteiger partial charge is 0.316 e. The van der Waals surface area contributed by atoms with Crippen molar-refractivity contribution in [3.05, 3.63) is 30.3 Å². The SMILES string of the molecule is CC[Si](C)(CC)O[C@@H](C1CCCCC1)[C@@H](C)C(=O)Oc1ccccc1. The van der Waals surface area contributed by atoms with Crippen LogP contribution in [-0.2, 0) is 9.22 Å². The molecule has 0 spiro atoms. The first kappa shape index (κ1) is 20.2.